The van der Waals surface area contributed by atoms with Crippen LogP contribution in [0.3, 0.4) is 0 Å². The van der Waals surface area contributed by atoms with Crippen LogP contribution in [-0.2, 0) is 0 Å². The van der Waals surface area contributed by atoms with Gasteiger partial charge in [0.25, 0.3) is 0 Å². The Morgan fingerprint density at radius 2 is 1.18 bits per heavy atom. The van der Waals surface area contributed by atoms with E-state index in [9.17, 15) is 0 Å². The fourth-order valence-corrected chi connectivity index (χ4v) is 6.26. The van der Waals surface area contributed by atoms with E-state index in [-0.39, 0.29) is 0 Å². The van der Waals surface area contributed by atoms with E-state index in [4.69, 9.17) is 4.98 Å². The predicted octanol–water partition coefficient (Wildman–Crippen LogP) is 9.46. The molecule has 8 aromatic rings. The first-order chi connectivity index (χ1) is 19.2. The van der Waals surface area contributed by atoms with Gasteiger partial charge in [0.15, 0.2) is 0 Å². The summed E-state index contributed by atoms with van der Waals surface area (Å²) < 4.78 is 4.80. The number of allylic oxidation sites excluding steroid dienone is 1. The number of nitrogens with zero attached hydrogens (tertiary/aromatic N) is 3. The van der Waals surface area contributed by atoms with Crippen molar-refractivity contribution in [3.63, 3.8) is 0 Å². The molecule has 0 atom stereocenters. The summed E-state index contributed by atoms with van der Waals surface area (Å²) in [5.41, 5.74) is 8.07. The van der Waals surface area contributed by atoms with Gasteiger partial charge in [-0.1, -0.05) is 97.1 Å². The van der Waals surface area contributed by atoms with Gasteiger partial charge in [0, 0.05) is 28.0 Å². The number of hydrogen-bond donors (Lipinski definition) is 0. The highest BCUT2D eigenvalue weighted by atomic mass is 15.1. The maximum absolute atomic E-state index is 4.87. The average molecular weight is 500 g/mol. The average Bonchev–Trinajstić information content (AvgIpc) is 3.51. The molecular formula is C36H25N3. The maximum atomic E-state index is 4.87. The molecule has 0 radical (unpaired) electrons. The predicted molar refractivity (Wildman–Crippen MR) is 165 cm³/mol. The SMILES string of the molecule is C=C(C)c1ccc(-n2c3ccccc3c3c2c2c4ccccc4c4ccccc4c2n3-c2ccccn2)cc1. The van der Waals surface area contributed by atoms with Crippen LogP contribution in [0.4, 0.5) is 0 Å². The largest absolute Gasteiger partial charge is 0.307 e. The van der Waals surface area contributed by atoms with Crippen molar-refractivity contribution in [2.75, 3.05) is 0 Å². The first kappa shape index (κ1) is 21.9. The second kappa shape index (κ2) is 8.17. The summed E-state index contributed by atoms with van der Waals surface area (Å²) in [6.45, 7) is 6.19. The Balaban J connectivity index is 1.70. The molecule has 3 nitrogen and oxygen atoms in total. The van der Waals surface area contributed by atoms with E-state index in [0.717, 1.165) is 22.6 Å². The lowest BCUT2D eigenvalue weighted by Crippen LogP contribution is -1.97. The first-order valence-corrected chi connectivity index (χ1v) is 13.3. The summed E-state index contributed by atoms with van der Waals surface area (Å²) in [5.74, 6) is 0.915. The molecule has 39 heavy (non-hydrogen) atoms. The highest BCUT2D eigenvalue weighted by Crippen LogP contribution is 2.46. The number of aromatic nitrogens is 3. The van der Waals surface area contributed by atoms with E-state index in [1.165, 1.54) is 54.4 Å². The topological polar surface area (TPSA) is 22.8 Å². The Bertz CT molecular complexity index is 2230. The Morgan fingerprint density at radius 1 is 0.564 bits per heavy atom. The highest BCUT2D eigenvalue weighted by Gasteiger charge is 2.25. The number of fused-ring (bicyclic) bond motifs is 10. The molecule has 8 rings (SSSR count). The van der Waals surface area contributed by atoms with Crippen molar-refractivity contribution < 1.29 is 0 Å². The summed E-state index contributed by atoms with van der Waals surface area (Å²) in [6.07, 6.45) is 1.88. The molecule has 0 saturated heterocycles. The normalized spacial score (nSPS) is 11.8. The lowest BCUT2D eigenvalue weighted by atomic mass is 9.98. The molecule has 0 amide bonds. The van der Waals surface area contributed by atoms with Gasteiger partial charge in [-0.3, -0.25) is 4.57 Å². The van der Waals surface area contributed by atoms with Crippen molar-refractivity contribution >= 4 is 60.0 Å². The Hall–Kier alpha value is -5.15. The number of pyridine rings is 1. The molecule has 3 heterocycles. The van der Waals surface area contributed by atoms with Crippen molar-refractivity contribution in [1.82, 2.24) is 14.1 Å². The quantitative estimate of drug-likeness (QED) is 0.222. The van der Waals surface area contributed by atoms with Gasteiger partial charge in [-0.15, -0.1) is 0 Å². The molecule has 0 bridgehead atoms. The summed E-state index contributed by atoms with van der Waals surface area (Å²) in [5, 5.41) is 7.42. The molecule has 3 aromatic heterocycles. The van der Waals surface area contributed by atoms with Crippen LogP contribution in [-0.4, -0.2) is 14.1 Å². The van der Waals surface area contributed by atoms with E-state index >= 15 is 0 Å². The van der Waals surface area contributed by atoms with Crippen LogP contribution in [0.5, 0.6) is 0 Å². The maximum Gasteiger partial charge on any atom is 0.137 e. The molecule has 0 N–H and O–H groups in total. The second-order valence-electron chi connectivity index (χ2n) is 10.2. The summed E-state index contributed by atoms with van der Waals surface area (Å²) in [7, 11) is 0. The molecule has 0 saturated carbocycles. The van der Waals surface area contributed by atoms with Gasteiger partial charge in [-0.05, 0) is 59.0 Å². The molecule has 0 spiro atoms. The minimum absolute atomic E-state index is 0.915. The monoisotopic (exact) mass is 499 g/mol. The molecular weight excluding hydrogens is 474 g/mol. The first-order valence-electron chi connectivity index (χ1n) is 13.3. The molecule has 0 aliphatic heterocycles. The highest BCUT2D eigenvalue weighted by molar-refractivity contribution is 6.34. The Kier molecular flexibility index (Phi) is 4.59. The van der Waals surface area contributed by atoms with E-state index < -0.39 is 0 Å². The van der Waals surface area contributed by atoms with Crippen molar-refractivity contribution in [2.45, 2.75) is 6.92 Å². The van der Waals surface area contributed by atoms with Gasteiger partial charge >= 0.3 is 0 Å². The third-order valence-electron chi connectivity index (χ3n) is 7.93. The van der Waals surface area contributed by atoms with E-state index in [1.807, 2.05) is 12.3 Å². The van der Waals surface area contributed by atoms with E-state index in [2.05, 4.69) is 132 Å². The molecule has 0 unspecified atom stereocenters. The third kappa shape index (κ3) is 3.01. The molecule has 0 fully saturated rings. The van der Waals surface area contributed by atoms with Crippen LogP contribution in [0.1, 0.15) is 12.5 Å². The molecule has 5 aromatic carbocycles. The fraction of sp³-hybridized carbons (Fsp3) is 0.0278. The molecule has 3 heteroatoms. The number of benzene rings is 5. The van der Waals surface area contributed by atoms with Crippen LogP contribution in [0.2, 0.25) is 0 Å². The van der Waals surface area contributed by atoms with Crippen molar-refractivity contribution in [3.05, 3.63) is 134 Å². The van der Waals surface area contributed by atoms with Gasteiger partial charge in [0.2, 0.25) is 0 Å². The Morgan fingerprint density at radius 3 is 1.87 bits per heavy atom. The van der Waals surface area contributed by atoms with E-state index in [0.29, 0.717) is 0 Å². The lowest BCUT2D eigenvalue weighted by molar-refractivity contribution is 1.09. The summed E-state index contributed by atoms with van der Waals surface area (Å²) in [4.78, 5) is 4.87. The van der Waals surface area contributed by atoms with Crippen LogP contribution in [0, 0.1) is 0 Å². The van der Waals surface area contributed by atoms with Crippen molar-refractivity contribution in [1.29, 1.82) is 0 Å². The number of para-hydroxylation sites is 1. The molecule has 0 aliphatic carbocycles. The zero-order valence-corrected chi connectivity index (χ0v) is 21.6. The fourth-order valence-electron chi connectivity index (χ4n) is 6.26. The minimum atomic E-state index is 0.915. The van der Waals surface area contributed by atoms with Crippen LogP contribution >= 0.6 is 0 Å². The smallest absolute Gasteiger partial charge is 0.137 e. The van der Waals surface area contributed by atoms with Crippen LogP contribution in [0.15, 0.2) is 128 Å². The van der Waals surface area contributed by atoms with Gasteiger partial charge in [0.05, 0.1) is 22.1 Å². The van der Waals surface area contributed by atoms with Gasteiger partial charge in [-0.2, -0.15) is 0 Å². The van der Waals surface area contributed by atoms with Gasteiger partial charge in [0.1, 0.15) is 5.82 Å². The van der Waals surface area contributed by atoms with Gasteiger partial charge in [-0.25, -0.2) is 4.98 Å². The summed E-state index contributed by atoms with van der Waals surface area (Å²) >= 11 is 0. The number of hydrogen-bond acceptors (Lipinski definition) is 1. The lowest BCUT2D eigenvalue weighted by Gasteiger charge is -2.13. The van der Waals surface area contributed by atoms with Crippen LogP contribution < -0.4 is 0 Å². The van der Waals surface area contributed by atoms with Crippen molar-refractivity contribution in [2.24, 2.45) is 0 Å². The van der Waals surface area contributed by atoms with Crippen molar-refractivity contribution in [3.8, 4) is 11.5 Å². The number of rotatable bonds is 3. The Labute approximate surface area is 225 Å². The zero-order valence-electron chi connectivity index (χ0n) is 21.6. The molecule has 184 valence electrons. The van der Waals surface area contributed by atoms with Gasteiger partial charge < -0.3 is 4.57 Å². The standard InChI is InChI=1S/C36H25N3/c1-23(2)24-18-20-25(21-19-24)38-31-16-8-7-15-30(31)35-36(38)33-28-13-5-3-11-26(28)27-12-4-6-14-29(27)34(33)39(35)32-17-9-10-22-37-32/h3-22H,1H2,2H3. The second-order valence-corrected chi connectivity index (χ2v) is 10.2. The van der Waals surface area contributed by atoms with Crippen LogP contribution in [0.25, 0.3) is 71.5 Å². The third-order valence-corrected chi connectivity index (χ3v) is 7.93. The minimum Gasteiger partial charge on any atom is -0.307 e. The summed E-state index contributed by atoms with van der Waals surface area (Å²) in [6, 6.07) is 41.2. The van der Waals surface area contributed by atoms with E-state index in [1.54, 1.807) is 0 Å². The molecule has 0 aliphatic rings. The zero-order chi connectivity index (χ0) is 26.1.